The van der Waals surface area contributed by atoms with Gasteiger partial charge in [-0.1, -0.05) is 56.4 Å². The lowest BCUT2D eigenvalue weighted by molar-refractivity contribution is -0.138. The van der Waals surface area contributed by atoms with Crippen molar-refractivity contribution in [2.24, 2.45) is 0 Å². The fraction of sp³-hybridized carbons (Fsp3) is 0.700. The quantitative estimate of drug-likeness (QED) is 0.262. The number of carboxylic acid groups (broad SMARTS) is 2. The minimum atomic E-state index is -0.708. The van der Waals surface area contributed by atoms with Crippen molar-refractivity contribution in [3.8, 4) is 0 Å². The van der Waals surface area contributed by atoms with E-state index in [4.69, 9.17) is 10.2 Å². The van der Waals surface area contributed by atoms with Gasteiger partial charge in [-0.15, -0.1) is 0 Å². The lowest BCUT2D eigenvalue weighted by atomic mass is 10.1. The third-order valence-corrected chi connectivity index (χ3v) is 3.88. The second kappa shape index (κ2) is 17.8. The second-order valence-corrected chi connectivity index (χ2v) is 6.23. The molecule has 0 atom stereocenters. The van der Waals surface area contributed by atoms with Gasteiger partial charge in [0, 0.05) is 12.8 Å². The number of carboxylic acids is 2. The van der Waals surface area contributed by atoms with Gasteiger partial charge in [-0.3, -0.25) is 9.59 Å². The molecule has 0 aromatic rings. The van der Waals surface area contributed by atoms with Crippen LogP contribution in [0.3, 0.4) is 0 Å². The Hall–Kier alpha value is -1.58. The lowest BCUT2D eigenvalue weighted by Gasteiger charge is -2.00. The van der Waals surface area contributed by atoms with Gasteiger partial charge in [-0.05, 0) is 44.9 Å². The highest BCUT2D eigenvalue weighted by Gasteiger charge is 1.96. The number of aliphatic carboxylic acids is 2. The number of rotatable bonds is 17. The van der Waals surface area contributed by atoms with Gasteiger partial charge in [-0.2, -0.15) is 0 Å². The molecule has 0 bridgehead atoms. The zero-order chi connectivity index (χ0) is 17.9. The highest BCUT2D eigenvalue weighted by molar-refractivity contribution is 5.66. The third-order valence-electron chi connectivity index (χ3n) is 3.88. The van der Waals surface area contributed by atoms with Crippen LogP contribution in [0.5, 0.6) is 0 Å². The van der Waals surface area contributed by atoms with Crippen LogP contribution in [-0.2, 0) is 9.59 Å². The van der Waals surface area contributed by atoms with E-state index in [1.54, 1.807) is 0 Å². The van der Waals surface area contributed by atoms with Crippen LogP contribution in [0, 0.1) is 0 Å². The highest BCUT2D eigenvalue weighted by atomic mass is 16.4. The van der Waals surface area contributed by atoms with Gasteiger partial charge in [0.1, 0.15) is 0 Å². The summed E-state index contributed by atoms with van der Waals surface area (Å²) in [5, 5.41) is 17.0. The van der Waals surface area contributed by atoms with Crippen LogP contribution in [0.1, 0.15) is 89.9 Å². The van der Waals surface area contributed by atoms with Crippen LogP contribution in [0.4, 0.5) is 0 Å². The highest BCUT2D eigenvalue weighted by Crippen LogP contribution is 2.10. The Bertz CT molecular complexity index is 372. The molecule has 0 unspecified atom stereocenters. The molecule has 0 aromatic heterocycles. The summed E-state index contributed by atoms with van der Waals surface area (Å²) in [5.74, 6) is -1.39. The van der Waals surface area contributed by atoms with E-state index < -0.39 is 11.9 Å². The molecule has 0 aliphatic carbocycles. The standard InChI is InChI=1S/C20H34O4/c21-19(22)17-15-13-11-9-7-5-3-1-2-4-6-8-10-12-14-16-18-20(23)24/h1,3,7,9H,2,4-6,8,10-18H2,(H,21,22)(H,23,24)/b3-1-,9-7-. The van der Waals surface area contributed by atoms with Crippen molar-refractivity contribution in [1.82, 2.24) is 0 Å². The van der Waals surface area contributed by atoms with Gasteiger partial charge in [0.25, 0.3) is 0 Å². The molecular weight excluding hydrogens is 304 g/mol. The molecule has 0 saturated heterocycles. The Morgan fingerprint density at radius 2 is 0.917 bits per heavy atom. The Balaban J connectivity index is 3.21. The van der Waals surface area contributed by atoms with Gasteiger partial charge >= 0.3 is 11.9 Å². The smallest absolute Gasteiger partial charge is 0.303 e. The summed E-state index contributed by atoms with van der Waals surface area (Å²) in [4.78, 5) is 20.7. The van der Waals surface area contributed by atoms with Crippen molar-refractivity contribution >= 4 is 11.9 Å². The first-order chi connectivity index (χ1) is 11.6. The summed E-state index contributed by atoms with van der Waals surface area (Å²) in [5.41, 5.74) is 0. The number of allylic oxidation sites excluding steroid dienone is 4. The monoisotopic (exact) mass is 338 g/mol. The molecule has 24 heavy (non-hydrogen) atoms. The van der Waals surface area contributed by atoms with Crippen molar-refractivity contribution in [3.05, 3.63) is 24.3 Å². The molecule has 0 heterocycles. The molecule has 4 heteroatoms. The summed E-state index contributed by atoms with van der Waals surface area (Å²) in [6, 6.07) is 0. The molecular formula is C20H34O4. The number of unbranched alkanes of at least 4 members (excludes halogenated alkanes) is 9. The van der Waals surface area contributed by atoms with E-state index in [0.29, 0.717) is 6.42 Å². The maximum Gasteiger partial charge on any atom is 0.303 e. The molecule has 2 N–H and O–H groups in total. The maximum atomic E-state index is 10.4. The molecule has 0 aliphatic heterocycles. The van der Waals surface area contributed by atoms with Gasteiger partial charge in [0.05, 0.1) is 0 Å². The predicted molar refractivity (Wildman–Crippen MR) is 98.2 cm³/mol. The van der Waals surface area contributed by atoms with E-state index in [2.05, 4.69) is 24.3 Å². The predicted octanol–water partition coefficient (Wildman–Crippen LogP) is 5.73. The molecule has 0 rings (SSSR count). The molecule has 138 valence electrons. The molecule has 0 aromatic carbocycles. The Labute approximate surface area is 146 Å². The lowest BCUT2D eigenvalue weighted by Crippen LogP contribution is -1.93. The van der Waals surface area contributed by atoms with E-state index in [0.717, 1.165) is 51.4 Å². The average Bonchev–Trinajstić information content (AvgIpc) is 2.53. The summed E-state index contributed by atoms with van der Waals surface area (Å²) >= 11 is 0. The summed E-state index contributed by atoms with van der Waals surface area (Å²) in [6.07, 6.45) is 22.0. The van der Waals surface area contributed by atoms with Crippen LogP contribution >= 0.6 is 0 Å². The number of hydrogen-bond donors (Lipinski definition) is 2. The Morgan fingerprint density at radius 1 is 0.542 bits per heavy atom. The van der Waals surface area contributed by atoms with E-state index in [1.165, 1.54) is 25.7 Å². The van der Waals surface area contributed by atoms with Crippen LogP contribution in [0.15, 0.2) is 24.3 Å². The number of hydrogen-bond acceptors (Lipinski definition) is 2. The first-order valence-corrected chi connectivity index (χ1v) is 9.36. The fourth-order valence-corrected chi connectivity index (χ4v) is 2.47. The van der Waals surface area contributed by atoms with Crippen molar-refractivity contribution in [2.45, 2.75) is 89.9 Å². The first kappa shape index (κ1) is 22.4. The fourth-order valence-electron chi connectivity index (χ4n) is 2.47. The van der Waals surface area contributed by atoms with Crippen LogP contribution in [-0.4, -0.2) is 22.2 Å². The van der Waals surface area contributed by atoms with Crippen LogP contribution in [0.25, 0.3) is 0 Å². The molecule has 0 saturated carbocycles. The van der Waals surface area contributed by atoms with Gasteiger partial charge in [0.2, 0.25) is 0 Å². The second-order valence-electron chi connectivity index (χ2n) is 6.23. The summed E-state index contributed by atoms with van der Waals surface area (Å²) < 4.78 is 0. The number of carbonyl (C=O) groups is 2. The molecule has 0 aliphatic rings. The third kappa shape index (κ3) is 20.4. The minimum absolute atomic E-state index is 0.274. The summed E-state index contributed by atoms with van der Waals surface area (Å²) in [7, 11) is 0. The van der Waals surface area contributed by atoms with Gasteiger partial charge in [0.15, 0.2) is 0 Å². The Kier molecular flexibility index (Phi) is 16.6. The largest absolute Gasteiger partial charge is 0.481 e. The van der Waals surface area contributed by atoms with Gasteiger partial charge < -0.3 is 10.2 Å². The Morgan fingerprint density at radius 3 is 1.42 bits per heavy atom. The molecule has 0 fully saturated rings. The summed E-state index contributed by atoms with van der Waals surface area (Å²) in [6.45, 7) is 0. The van der Waals surface area contributed by atoms with Crippen LogP contribution < -0.4 is 0 Å². The van der Waals surface area contributed by atoms with Crippen LogP contribution in [0.2, 0.25) is 0 Å². The van der Waals surface area contributed by atoms with Crippen molar-refractivity contribution in [1.29, 1.82) is 0 Å². The molecule has 0 radical (unpaired) electrons. The van der Waals surface area contributed by atoms with Crippen molar-refractivity contribution in [3.63, 3.8) is 0 Å². The molecule has 0 amide bonds. The average molecular weight is 338 g/mol. The van der Waals surface area contributed by atoms with E-state index in [-0.39, 0.29) is 6.42 Å². The zero-order valence-corrected chi connectivity index (χ0v) is 14.9. The molecule has 0 spiro atoms. The first-order valence-electron chi connectivity index (χ1n) is 9.36. The topological polar surface area (TPSA) is 74.6 Å². The van der Waals surface area contributed by atoms with E-state index in [1.807, 2.05) is 0 Å². The van der Waals surface area contributed by atoms with Crippen molar-refractivity contribution in [2.75, 3.05) is 0 Å². The zero-order valence-electron chi connectivity index (χ0n) is 14.9. The van der Waals surface area contributed by atoms with Crippen molar-refractivity contribution < 1.29 is 19.8 Å². The maximum absolute atomic E-state index is 10.4. The minimum Gasteiger partial charge on any atom is -0.481 e. The normalized spacial score (nSPS) is 11.5. The van der Waals surface area contributed by atoms with E-state index >= 15 is 0 Å². The van der Waals surface area contributed by atoms with E-state index in [9.17, 15) is 9.59 Å². The SMILES string of the molecule is O=C(O)CCCC/C=C\C/C=C\CCCCCCCCCC(=O)O. The molecule has 4 nitrogen and oxygen atoms in total. The van der Waals surface area contributed by atoms with Gasteiger partial charge in [-0.25, -0.2) is 0 Å².